The number of amides is 2. The first-order valence-electron chi connectivity index (χ1n) is 10.7. The number of urea groups is 1. The highest BCUT2D eigenvalue weighted by molar-refractivity contribution is 7.89. The normalized spacial score (nSPS) is 16.2. The number of hydrogen-bond donors (Lipinski definition) is 1. The molecule has 34 heavy (non-hydrogen) atoms. The average Bonchev–Trinajstić information content (AvgIpc) is 3.22. The van der Waals surface area contributed by atoms with E-state index in [2.05, 4.69) is 10.3 Å². The van der Waals surface area contributed by atoms with Crippen molar-refractivity contribution in [2.45, 2.75) is 24.3 Å². The van der Waals surface area contributed by atoms with Crippen LogP contribution in [0.1, 0.15) is 25.2 Å². The van der Waals surface area contributed by atoms with Gasteiger partial charge < -0.3 is 10.2 Å². The van der Waals surface area contributed by atoms with Crippen molar-refractivity contribution in [3.63, 3.8) is 0 Å². The van der Waals surface area contributed by atoms with Gasteiger partial charge in [0.05, 0.1) is 15.9 Å². The number of benzene rings is 2. The fraction of sp³-hybridized carbons (Fsp3) is 0.364. The van der Waals surface area contributed by atoms with E-state index in [1.807, 2.05) is 0 Å². The number of carbonyl (C=O) groups excluding carboxylic acids is 1. The Labute approximate surface area is 195 Å². The molecule has 12 heteroatoms. The van der Waals surface area contributed by atoms with Gasteiger partial charge in [0.1, 0.15) is 11.6 Å². The van der Waals surface area contributed by atoms with Crippen molar-refractivity contribution in [1.29, 1.82) is 0 Å². The van der Waals surface area contributed by atoms with Crippen LogP contribution >= 0.6 is 0 Å². The molecule has 0 aliphatic carbocycles. The predicted molar refractivity (Wildman–Crippen MR) is 120 cm³/mol. The standard InChI is InChI=1S/C22H24F3N5O3S/c1-15(20-27-18-7-2-3-8-19(18)30(20)21(24)25)14-26-22(31)28-9-11-29(12-10-28)34(32,33)17-6-4-5-16(23)13-17/h2-8,13,15,21H,9-12,14H2,1H3,(H,26,31)/t15-/m0/s1. The molecule has 1 saturated heterocycles. The van der Waals surface area contributed by atoms with Crippen LogP contribution in [-0.2, 0) is 10.0 Å². The summed E-state index contributed by atoms with van der Waals surface area (Å²) in [4.78, 5) is 18.3. The lowest BCUT2D eigenvalue weighted by molar-refractivity contribution is 0.0704. The van der Waals surface area contributed by atoms with Crippen molar-refractivity contribution in [2.75, 3.05) is 32.7 Å². The summed E-state index contributed by atoms with van der Waals surface area (Å²) in [5.74, 6) is -0.962. The molecule has 3 aromatic rings. The number of imidazole rings is 1. The number of alkyl halides is 2. The van der Waals surface area contributed by atoms with Crippen LogP contribution in [0, 0.1) is 5.82 Å². The summed E-state index contributed by atoms with van der Waals surface area (Å²) in [7, 11) is -3.87. The Morgan fingerprint density at radius 3 is 2.47 bits per heavy atom. The van der Waals surface area contributed by atoms with Crippen LogP contribution in [0.2, 0.25) is 0 Å². The molecule has 1 aliphatic heterocycles. The van der Waals surface area contributed by atoms with Crippen LogP contribution < -0.4 is 5.32 Å². The Morgan fingerprint density at radius 2 is 1.79 bits per heavy atom. The largest absolute Gasteiger partial charge is 0.337 e. The van der Waals surface area contributed by atoms with Gasteiger partial charge in [0.15, 0.2) is 0 Å². The number of hydrogen-bond acceptors (Lipinski definition) is 4. The first-order chi connectivity index (χ1) is 16.2. The zero-order chi connectivity index (χ0) is 24.5. The second-order valence-electron chi connectivity index (χ2n) is 8.04. The topological polar surface area (TPSA) is 87.5 Å². The van der Waals surface area contributed by atoms with E-state index >= 15 is 0 Å². The second-order valence-corrected chi connectivity index (χ2v) is 9.98. The molecule has 182 valence electrons. The van der Waals surface area contributed by atoms with Crippen LogP contribution in [0.5, 0.6) is 0 Å². The molecule has 1 fully saturated rings. The van der Waals surface area contributed by atoms with Gasteiger partial charge in [-0.2, -0.15) is 13.1 Å². The third-order valence-electron chi connectivity index (χ3n) is 5.78. The molecule has 1 aromatic heterocycles. The predicted octanol–water partition coefficient (Wildman–Crippen LogP) is 3.39. The highest BCUT2D eigenvalue weighted by Crippen LogP contribution is 2.27. The first-order valence-corrected chi connectivity index (χ1v) is 12.2. The summed E-state index contributed by atoms with van der Waals surface area (Å²) >= 11 is 0. The van der Waals surface area contributed by atoms with Gasteiger partial charge in [0.2, 0.25) is 10.0 Å². The quantitative estimate of drug-likeness (QED) is 0.568. The Morgan fingerprint density at radius 1 is 1.09 bits per heavy atom. The summed E-state index contributed by atoms with van der Waals surface area (Å²) in [6.07, 6.45) is 0. The number of carbonyl (C=O) groups is 1. The Kier molecular flexibility index (Phi) is 6.80. The number of fused-ring (bicyclic) bond motifs is 1. The van der Waals surface area contributed by atoms with Crippen LogP contribution in [0.3, 0.4) is 0 Å². The van der Waals surface area contributed by atoms with E-state index in [1.54, 1.807) is 31.2 Å². The second kappa shape index (κ2) is 9.63. The lowest BCUT2D eigenvalue weighted by atomic mass is 10.1. The molecule has 8 nitrogen and oxygen atoms in total. The van der Waals surface area contributed by atoms with Crippen molar-refractivity contribution < 1.29 is 26.4 Å². The van der Waals surface area contributed by atoms with Crippen molar-refractivity contribution in [3.05, 3.63) is 60.2 Å². The van der Waals surface area contributed by atoms with Gasteiger partial charge in [-0.25, -0.2) is 22.6 Å². The van der Waals surface area contributed by atoms with E-state index in [-0.39, 0.29) is 43.4 Å². The minimum atomic E-state index is -3.87. The number of piperazine rings is 1. The van der Waals surface area contributed by atoms with E-state index < -0.39 is 34.3 Å². The molecule has 4 rings (SSSR count). The summed E-state index contributed by atoms with van der Waals surface area (Å²) in [5, 5.41) is 2.73. The molecular formula is C22H24F3N5O3S. The van der Waals surface area contributed by atoms with Crippen molar-refractivity contribution >= 4 is 27.1 Å². The summed E-state index contributed by atoms with van der Waals surface area (Å²) in [5.41, 5.74) is 0.771. The fourth-order valence-corrected chi connectivity index (χ4v) is 5.42. The van der Waals surface area contributed by atoms with Crippen molar-refractivity contribution in [1.82, 2.24) is 24.1 Å². The zero-order valence-corrected chi connectivity index (χ0v) is 19.2. The van der Waals surface area contributed by atoms with Crippen LogP contribution in [-0.4, -0.2) is 65.9 Å². The summed E-state index contributed by atoms with van der Waals surface area (Å²) < 4.78 is 68.3. The van der Waals surface area contributed by atoms with Crippen molar-refractivity contribution in [3.8, 4) is 0 Å². The van der Waals surface area contributed by atoms with Gasteiger partial charge in [0.25, 0.3) is 0 Å². The smallest absolute Gasteiger partial charge is 0.320 e. The molecule has 0 spiro atoms. The van der Waals surface area contributed by atoms with E-state index in [9.17, 15) is 26.4 Å². The van der Waals surface area contributed by atoms with Gasteiger partial charge in [-0.05, 0) is 30.3 Å². The molecule has 0 radical (unpaired) electrons. The fourth-order valence-electron chi connectivity index (χ4n) is 3.97. The molecule has 1 atom stereocenters. The molecule has 2 aromatic carbocycles. The van der Waals surface area contributed by atoms with E-state index in [1.165, 1.54) is 27.4 Å². The molecule has 1 N–H and O–H groups in total. The number of para-hydroxylation sites is 2. The highest BCUT2D eigenvalue weighted by Gasteiger charge is 2.30. The van der Waals surface area contributed by atoms with Crippen molar-refractivity contribution in [2.24, 2.45) is 0 Å². The lowest BCUT2D eigenvalue weighted by Crippen LogP contribution is -2.53. The summed E-state index contributed by atoms with van der Waals surface area (Å²) in [6.45, 7) is -0.588. The number of nitrogens with zero attached hydrogens (tertiary/aromatic N) is 4. The highest BCUT2D eigenvalue weighted by atomic mass is 32.2. The van der Waals surface area contributed by atoms with Gasteiger partial charge in [0, 0.05) is 38.6 Å². The molecule has 0 saturated carbocycles. The number of aromatic nitrogens is 2. The summed E-state index contributed by atoms with van der Waals surface area (Å²) in [6, 6.07) is 11.0. The molecule has 0 bridgehead atoms. The Balaban J connectivity index is 1.36. The van der Waals surface area contributed by atoms with Gasteiger partial charge in [-0.3, -0.25) is 4.57 Å². The zero-order valence-electron chi connectivity index (χ0n) is 18.4. The Bertz CT molecular complexity index is 1290. The molecule has 0 unspecified atom stereocenters. The SMILES string of the molecule is C[C@@H](CNC(=O)N1CCN(S(=O)(=O)c2cccc(F)c2)CC1)c1nc2ccccc2n1C(F)F. The van der Waals surface area contributed by atoms with E-state index in [4.69, 9.17) is 0 Å². The van der Waals surface area contributed by atoms with Crippen LogP contribution in [0.25, 0.3) is 11.0 Å². The average molecular weight is 496 g/mol. The first kappa shape index (κ1) is 24.0. The minimum absolute atomic E-state index is 0.0585. The van der Waals surface area contributed by atoms with E-state index in [0.717, 1.165) is 10.6 Å². The Hall–Kier alpha value is -3.12. The number of sulfonamides is 1. The van der Waals surface area contributed by atoms with Gasteiger partial charge in [-0.15, -0.1) is 0 Å². The maximum absolute atomic E-state index is 13.7. The minimum Gasteiger partial charge on any atom is -0.337 e. The van der Waals surface area contributed by atoms with Gasteiger partial charge >= 0.3 is 12.6 Å². The number of nitrogens with one attached hydrogen (secondary N) is 1. The van der Waals surface area contributed by atoms with Gasteiger partial charge in [-0.1, -0.05) is 25.1 Å². The molecule has 1 aliphatic rings. The monoisotopic (exact) mass is 495 g/mol. The third-order valence-corrected chi connectivity index (χ3v) is 7.67. The maximum Gasteiger partial charge on any atom is 0.320 e. The molecule has 2 heterocycles. The number of halogens is 3. The van der Waals surface area contributed by atoms with Crippen LogP contribution in [0.4, 0.5) is 18.0 Å². The van der Waals surface area contributed by atoms with E-state index in [0.29, 0.717) is 11.0 Å². The third kappa shape index (κ3) is 4.73. The molecular weight excluding hydrogens is 471 g/mol. The number of rotatable bonds is 6. The maximum atomic E-state index is 13.7. The molecule has 2 amide bonds. The van der Waals surface area contributed by atoms with Crippen LogP contribution in [0.15, 0.2) is 53.4 Å². The lowest BCUT2D eigenvalue weighted by Gasteiger charge is -2.34.